The van der Waals surface area contributed by atoms with Crippen molar-refractivity contribution in [1.82, 2.24) is 14.9 Å². The molecule has 30 heavy (non-hydrogen) atoms. The summed E-state index contributed by atoms with van der Waals surface area (Å²) in [5.74, 6) is 0.625. The largest absolute Gasteiger partial charge is 0.496 e. The Bertz CT molecular complexity index is 1280. The SMILES string of the molecule is COc1cc(Cn2cccn2)cc2onc(NS(=O)(=O)C3CC3c3ccccc3)c12. The molecule has 1 N–H and O–H groups in total. The van der Waals surface area contributed by atoms with Crippen molar-refractivity contribution in [2.24, 2.45) is 0 Å². The van der Waals surface area contributed by atoms with E-state index in [0.29, 0.717) is 29.7 Å². The first-order valence-electron chi connectivity index (χ1n) is 9.55. The van der Waals surface area contributed by atoms with Crippen molar-refractivity contribution in [2.75, 3.05) is 11.8 Å². The maximum atomic E-state index is 12.9. The van der Waals surface area contributed by atoms with Gasteiger partial charge in [0.15, 0.2) is 11.4 Å². The van der Waals surface area contributed by atoms with Gasteiger partial charge in [0.1, 0.15) is 11.1 Å². The summed E-state index contributed by atoms with van der Waals surface area (Å²) in [5, 5.41) is 8.18. The zero-order valence-electron chi connectivity index (χ0n) is 16.2. The third-order valence-corrected chi connectivity index (χ3v) is 7.11. The van der Waals surface area contributed by atoms with Crippen LogP contribution in [0, 0.1) is 0 Å². The molecular formula is C21H20N4O4S. The Balaban J connectivity index is 1.42. The fraction of sp³-hybridized carbons (Fsp3) is 0.238. The Morgan fingerprint density at radius 2 is 2.07 bits per heavy atom. The quantitative estimate of drug-likeness (QED) is 0.488. The summed E-state index contributed by atoms with van der Waals surface area (Å²) in [6, 6.07) is 15.2. The minimum absolute atomic E-state index is 0.00978. The normalized spacial score (nSPS) is 18.4. The lowest BCUT2D eigenvalue weighted by molar-refractivity contribution is 0.418. The first-order chi connectivity index (χ1) is 14.5. The van der Waals surface area contributed by atoms with Gasteiger partial charge in [-0.05, 0) is 35.7 Å². The zero-order chi connectivity index (χ0) is 20.7. The third-order valence-electron chi connectivity index (χ3n) is 5.32. The molecule has 9 heteroatoms. The summed E-state index contributed by atoms with van der Waals surface area (Å²) in [5.41, 5.74) is 2.38. The highest BCUT2D eigenvalue weighted by molar-refractivity contribution is 7.93. The van der Waals surface area contributed by atoms with Gasteiger partial charge in [-0.2, -0.15) is 5.10 Å². The molecule has 1 saturated carbocycles. The van der Waals surface area contributed by atoms with E-state index < -0.39 is 15.3 Å². The van der Waals surface area contributed by atoms with E-state index in [9.17, 15) is 8.42 Å². The highest BCUT2D eigenvalue weighted by Crippen LogP contribution is 2.46. The zero-order valence-corrected chi connectivity index (χ0v) is 17.0. The van der Waals surface area contributed by atoms with Gasteiger partial charge in [-0.1, -0.05) is 35.5 Å². The highest BCUT2D eigenvalue weighted by atomic mass is 32.2. The number of hydrogen-bond acceptors (Lipinski definition) is 6. The molecule has 1 fully saturated rings. The van der Waals surface area contributed by atoms with Gasteiger partial charge in [0.25, 0.3) is 0 Å². The Morgan fingerprint density at radius 3 is 2.80 bits per heavy atom. The molecule has 0 aliphatic heterocycles. The van der Waals surface area contributed by atoms with Gasteiger partial charge in [-0.3, -0.25) is 9.40 Å². The van der Waals surface area contributed by atoms with Crippen molar-refractivity contribution in [3.8, 4) is 5.75 Å². The Morgan fingerprint density at radius 1 is 1.23 bits per heavy atom. The van der Waals surface area contributed by atoms with Crippen molar-refractivity contribution in [1.29, 1.82) is 0 Å². The van der Waals surface area contributed by atoms with Crippen LogP contribution in [0.3, 0.4) is 0 Å². The first kappa shape index (κ1) is 18.7. The second-order valence-corrected chi connectivity index (χ2v) is 9.24. The van der Waals surface area contributed by atoms with E-state index in [1.165, 1.54) is 7.11 Å². The van der Waals surface area contributed by atoms with Crippen molar-refractivity contribution in [3.05, 3.63) is 72.1 Å². The van der Waals surface area contributed by atoms with Gasteiger partial charge in [0, 0.05) is 18.3 Å². The van der Waals surface area contributed by atoms with Crippen LogP contribution in [-0.4, -0.2) is 35.7 Å². The van der Waals surface area contributed by atoms with Crippen LogP contribution in [-0.2, 0) is 16.6 Å². The molecule has 0 amide bonds. The summed E-state index contributed by atoms with van der Waals surface area (Å²) in [7, 11) is -2.09. The Labute approximate surface area is 173 Å². The summed E-state index contributed by atoms with van der Waals surface area (Å²) >= 11 is 0. The van der Waals surface area contributed by atoms with Crippen LogP contribution in [0.4, 0.5) is 5.82 Å². The maximum Gasteiger partial charge on any atom is 0.237 e. The molecule has 0 bridgehead atoms. The molecule has 5 rings (SSSR count). The molecule has 2 aromatic carbocycles. The van der Waals surface area contributed by atoms with Gasteiger partial charge >= 0.3 is 0 Å². The minimum atomic E-state index is -3.62. The lowest BCUT2D eigenvalue weighted by Crippen LogP contribution is -2.19. The van der Waals surface area contributed by atoms with Crippen LogP contribution < -0.4 is 9.46 Å². The summed E-state index contributed by atoms with van der Waals surface area (Å²) < 4.78 is 41.2. The van der Waals surface area contributed by atoms with Gasteiger partial charge in [-0.15, -0.1) is 0 Å². The van der Waals surface area contributed by atoms with E-state index in [0.717, 1.165) is 11.1 Å². The number of nitrogens with zero attached hydrogens (tertiary/aromatic N) is 3. The number of fused-ring (bicyclic) bond motifs is 1. The van der Waals surface area contributed by atoms with Crippen molar-refractivity contribution in [2.45, 2.75) is 24.1 Å². The van der Waals surface area contributed by atoms with Crippen molar-refractivity contribution < 1.29 is 17.7 Å². The molecule has 0 saturated heterocycles. The topological polar surface area (TPSA) is 99.2 Å². The van der Waals surface area contributed by atoms with Crippen molar-refractivity contribution >= 4 is 26.8 Å². The molecule has 2 heterocycles. The Kier molecular flexibility index (Phi) is 4.47. The van der Waals surface area contributed by atoms with E-state index in [1.807, 2.05) is 54.7 Å². The van der Waals surface area contributed by atoms with Gasteiger partial charge in [0.2, 0.25) is 10.0 Å². The number of aromatic nitrogens is 3. The maximum absolute atomic E-state index is 12.9. The molecule has 0 radical (unpaired) electrons. The number of anilines is 1. The molecule has 8 nitrogen and oxygen atoms in total. The third kappa shape index (κ3) is 3.41. The second kappa shape index (κ2) is 7.17. The predicted molar refractivity (Wildman–Crippen MR) is 112 cm³/mol. The average Bonchev–Trinajstić information content (AvgIpc) is 3.26. The second-order valence-electron chi connectivity index (χ2n) is 7.34. The number of rotatable bonds is 7. The van der Waals surface area contributed by atoms with E-state index in [2.05, 4.69) is 15.0 Å². The molecule has 0 spiro atoms. The molecule has 2 aromatic heterocycles. The van der Waals surface area contributed by atoms with E-state index >= 15 is 0 Å². The number of nitrogens with one attached hydrogen (secondary N) is 1. The van der Waals surface area contributed by atoms with Gasteiger partial charge < -0.3 is 9.26 Å². The summed E-state index contributed by atoms with van der Waals surface area (Å²) in [6.45, 7) is 0.530. The van der Waals surface area contributed by atoms with Crippen LogP contribution in [0.2, 0.25) is 0 Å². The molecule has 1 aliphatic rings. The van der Waals surface area contributed by atoms with Crippen molar-refractivity contribution in [3.63, 3.8) is 0 Å². The number of methoxy groups -OCH3 is 1. The first-order valence-corrected chi connectivity index (χ1v) is 11.1. The van der Waals surface area contributed by atoms with Crippen LogP contribution in [0.15, 0.2) is 65.4 Å². The molecule has 154 valence electrons. The number of sulfonamides is 1. The average molecular weight is 424 g/mol. The molecule has 2 unspecified atom stereocenters. The summed E-state index contributed by atoms with van der Waals surface area (Å²) in [4.78, 5) is 0. The molecule has 4 aromatic rings. The lowest BCUT2D eigenvalue weighted by atomic mass is 10.1. The Hall–Kier alpha value is -3.33. The molecule has 2 atom stereocenters. The van der Waals surface area contributed by atoms with Crippen LogP contribution in [0.1, 0.15) is 23.5 Å². The van der Waals surface area contributed by atoms with E-state index in [4.69, 9.17) is 9.26 Å². The molecule has 1 aliphatic carbocycles. The molecular weight excluding hydrogens is 404 g/mol. The van der Waals surface area contributed by atoms with Crippen LogP contribution in [0.25, 0.3) is 11.0 Å². The van der Waals surface area contributed by atoms with Gasteiger partial charge in [0.05, 0.1) is 18.9 Å². The van der Waals surface area contributed by atoms with E-state index in [1.54, 1.807) is 10.9 Å². The van der Waals surface area contributed by atoms with E-state index in [-0.39, 0.29) is 11.7 Å². The number of hydrogen-bond donors (Lipinski definition) is 1. The predicted octanol–water partition coefficient (Wildman–Crippen LogP) is 3.38. The lowest BCUT2D eigenvalue weighted by Gasteiger charge is -2.09. The standard InChI is InChI=1S/C21H20N4O4S/c1-28-17-10-14(13-25-9-5-8-22-25)11-18-20(17)21(23-29-18)24-30(26,27)19-12-16(19)15-6-3-2-4-7-15/h2-11,16,19H,12-13H2,1H3,(H,23,24). The minimum Gasteiger partial charge on any atom is -0.496 e. The fourth-order valence-corrected chi connectivity index (χ4v) is 5.38. The van der Waals surface area contributed by atoms with Crippen LogP contribution in [0.5, 0.6) is 5.75 Å². The fourth-order valence-electron chi connectivity index (χ4n) is 3.77. The van der Waals surface area contributed by atoms with Gasteiger partial charge in [-0.25, -0.2) is 8.42 Å². The smallest absolute Gasteiger partial charge is 0.237 e. The number of ether oxygens (including phenoxy) is 1. The van der Waals surface area contributed by atoms with Crippen LogP contribution >= 0.6 is 0 Å². The highest BCUT2D eigenvalue weighted by Gasteiger charge is 2.48. The number of benzene rings is 2. The summed E-state index contributed by atoms with van der Waals surface area (Å²) in [6.07, 6.45) is 4.15. The monoisotopic (exact) mass is 424 g/mol.